The van der Waals surface area contributed by atoms with E-state index in [-0.39, 0.29) is 37.9 Å². The van der Waals surface area contributed by atoms with Crippen molar-refractivity contribution in [1.29, 1.82) is 0 Å². The van der Waals surface area contributed by atoms with Gasteiger partial charge in [0.2, 0.25) is 0 Å². The van der Waals surface area contributed by atoms with E-state index in [0.717, 1.165) is 0 Å². The maximum atomic E-state index is 2.65. The van der Waals surface area contributed by atoms with E-state index in [0.29, 0.717) is 0 Å². The number of para-hydroxylation sites is 1. The van der Waals surface area contributed by atoms with Gasteiger partial charge in [0, 0.05) is 0 Å². The predicted octanol–water partition coefficient (Wildman–Crippen LogP) is 14.9. The molecule has 2 aliphatic heterocycles. The molecule has 0 radical (unpaired) electrons. The van der Waals surface area contributed by atoms with Crippen LogP contribution < -0.4 is 30.2 Å². The molecule has 3 heteroatoms. The Morgan fingerprint density at radius 1 is 0.366 bits per heavy atom. The number of nitrogens with zero attached hydrogens (tertiary/aromatic N) is 1. The van der Waals surface area contributed by atoms with E-state index in [2.05, 4.69) is 255 Å². The van der Waals surface area contributed by atoms with Gasteiger partial charge in [-0.3, -0.25) is 0 Å². The quantitative estimate of drug-likeness (QED) is 0.125. The Kier molecular flexibility index (Phi) is 9.81. The van der Waals surface area contributed by atoms with Crippen molar-refractivity contribution in [2.24, 2.45) is 0 Å². The predicted molar refractivity (Wildman–Crippen MR) is 311 cm³/mol. The Bertz CT molecular complexity index is 3970. The van der Waals surface area contributed by atoms with E-state index >= 15 is 0 Å². The molecule has 0 bridgehead atoms. The number of rotatable bonds is 4. The molecule has 13 rings (SSSR count). The summed E-state index contributed by atoms with van der Waals surface area (Å²) in [5.41, 5.74) is 19.7. The van der Waals surface area contributed by atoms with Crippen molar-refractivity contribution in [2.75, 3.05) is 4.90 Å². The fourth-order valence-electron chi connectivity index (χ4n) is 11.8. The molecule has 71 heavy (non-hydrogen) atoms. The molecule has 1 nitrogen and oxygen atoms in total. The van der Waals surface area contributed by atoms with Crippen LogP contribution in [-0.4, -0.2) is 21.7 Å². The molecule has 0 amide bonds. The molecule has 0 atom stereocenters. The summed E-state index contributed by atoms with van der Waals surface area (Å²) in [7, 11) is 0. The molecule has 0 fully saturated rings. The number of fused-ring (bicyclic) bond motifs is 6. The van der Waals surface area contributed by atoms with Crippen LogP contribution >= 0.6 is 0 Å². The SMILES string of the molecule is CC(C)(C)c1ccc2c(c1)B1c3ccc4ccccc4c3N(c3ccccc3-c3ccccc3)c3cc(-c4cccc(-c5cc6cc(C(C)(C)C)cc7ccc8cc(C(C)(C)C)cc5c8c76)c4)cc(c31)[Se]2. The first-order valence-electron chi connectivity index (χ1n) is 25.4. The van der Waals surface area contributed by atoms with Gasteiger partial charge in [-0.25, -0.2) is 0 Å². The molecule has 0 saturated carbocycles. The summed E-state index contributed by atoms with van der Waals surface area (Å²) >= 11 is 0.0803. The van der Waals surface area contributed by atoms with Crippen molar-refractivity contribution < 1.29 is 0 Å². The second-order valence-corrected chi connectivity index (χ2v) is 25.7. The second-order valence-electron chi connectivity index (χ2n) is 23.4. The molecular formula is C68H58BNSe. The van der Waals surface area contributed by atoms with Crippen LogP contribution in [0.1, 0.15) is 79.0 Å². The number of hydrogen-bond acceptors (Lipinski definition) is 1. The normalized spacial score (nSPS) is 13.6. The van der Waals surface area contributed by atoms with Crippen molar-refractivity contribution in [1.82, 2.24) is 0 Å². The molecule has 11 aromatic rings. The first kappa shape index (κ1) is 44.1. The Hall–Kier alpha value is -6.90. The Morgan fingerprint density at radius 3 is 1.79 bits per heavy atom. The molecular weight excluding hydrogens is 921 g/mol. The Labute approximate surface area is 426 Å². The first-order chi connectivity index (χ1) is 34.1. The third-order valence-electron chi connectivity index (χ3n) is 15.6. The van der Waals surface area contributed by atoms with Crippen molar-refractivity contribution in [2.45, 2.75) is 78.6 Å². The van der Waals surface area contributed by atoms with Gasteiger partial charge in [-0.05, 0) is 0 Å². The van der Waals surface area contributed by atoms with Gasteiger partial charge < -0.3 is 0 Å². The van der Waals surface area contributed by atoms with Gasteiger partial charge in [-0.1, -0.05) is 20.8 Å². The molecule has 0 aromatic heterocycles. The molecule has 344 valence electrons. The minimum atomic E-state index is -0.00498. The second kappa shape index (κ2) is 15.8. The molecule has 0 saturated heterocycles. The van der Waals surface area contributed by atoms with E-state index in [4.69, 9.17) is 0 Å². The third-order valence-corrected chi connectivity index (χ3v) is 18.1. The van der Waals surface area contributed by atoms with Crippen molar-refractivity contribution >= 4 is 107 Å². The molecule has 0 unspecified atom stereocenters. The number of hydrogen-bond donors (Lipinski definition) is 0. The minimum absolute atomic E-state index is 0.00498. The molecule has 0 aliphatic carbocycles. The van der Waals surface area contributed by atoms with Crippen LogP contribution in [0.5, 0.6) is 0 Å². The Morgan fingerprint density at radius 2 is 1.01 bits per heavy atom. The van der Waals surface area contributed by atoms with Crippen LogP contribution in [0.25, 0.3) is 76.5 Å². The first-order valence-corrected chi connectivity index (χ1v) is 27.1. The van der Waals surface area contributed by atoms with Gasteiger partial charge in [-0.15, -0.1) is 0 Å². The summed E-state index contributed by atoms with van der Waals surface area (Å²) in [6, 6.07) is 72.9. The van der Waals surface area contributed by atoms with E-state index in [1.54, 1.807) is 0 Å². The van der Waals surface area contributed by atoms with Gasteiger partial charge in [0.05, 0.1) is 0 Å². The zero-order chi connectivity index (χ0) is 48.7. The molecule has 2 heterocycles. The van der Waals surface area contributed by atoms with Crippen LogP contribution in [0.15, 0.2) is 188 Å². The summed E-state index contributed by atoms with van der Waals surface area (Å²) in [5, 5.41) is 10.5. The third kappa shape index (κ3) is 7.10. The molecule has 11 aromatic carbocycles. The summed E-state index contributed by atoms with van der Waals surface area (Å²) in [5.74, 6) is 0. The van der Waals surface area contributed by atoms with Gasteiger partial charge in [0.1, 0.15) is 0 Å². The van der Waals surface area contributed by atoms with Crippen LogP contribution in [0.4, 0.5) is 17.1 Å². The Balaban J connectivity index is 1.09. The van der Waals surface area contributed by atoms with Gasteiger partial charge in [-0.2, -0.15) is 0 Å². The fourth-order valence-corrected chi connectivity index (χ4v) is 14.3. The van der Waals surface area contributed by atoms with Crippen LogP contribution in [0, 0.1) is 0 Å². The summed E-state index contributed by atoms with van der Waals surface area (Å²) in [4.78, 5) is 2.65. The summed E-state index contributed by atoms with van der Waals surface area (Å²) in [6.45, 7) is 21.2. The average molecular weight is 979 g/mol. The van der Waals surface area contributed by atoms with Crippen molar-refractivity contribution in [3.63, 3.8) is 0 Å². The molecule has 0 spiro atoms. The van der Waals surface area contributed by atoms with Crippen molar-refractivity contribution in [3.8, 4) is 33.4 Å². The van der Waals surface area contributed by atoms with Gasteiger partial charge in [0.15, 0.2) is 0 Å². The topological polar surface area (TPSA) is 3.24 Å². The monoisotopic (exact) mass is 979 g/mol. The average Bonchev–Trinajstić information content (AvgIpc) is 3.36. The van der Waals surface area contributed by atoms with E-state index in [1.807, 2.05) is 0 Å². The number of anilines is 3. The van der Waals surface area contributed by atoms with Crippen LogP contribution in [0.3, 0.4) is 0 Å². The molecule has 2 aliphatic rings. The van der Waals surface area contributed by atoms with Gasteiger partial charge in [0.25, 0.3) is 0 Å². The van der Waals surface area contributed by atoms with Crippen molar-refractivity contribution in [3.05, 3.63) is 205 Å². The van der Waals surface area contributed by atoms with Crippen LogP contribution in [0.2, 0.25) is 0 Å². The van der Waals surface area contributed by atoms with E-state index < -0.39 is 0 Å². The molecule has 0 N–H and O–H groups in total. The summed E-state index contributed by atoms with van der Waals surface area (Å²) in [6.07, 6.45) is 0. The fraction of sp³-hybridized carbons (Fsp3) is 0.176. The summed E-state index contributed by atoms with van der Waals surface area (Å²) < 4.78 is 2.94. The zero-order valence-corrected chi connectivity index (χ0v) is 44.0. The van der Waals surface area contributed by atoms with Crippen LogP contribution in [-0.2, 0) is 16.2 Å². The van der Waals surface area contributed by atoms with E-state index in [1.165, 1.54) is 136 Å². The van der Waals surface area contributed by atoms with Gasteiger partial charge >= 0.3 is 408 Å². The maximum absolute atomic E-state index is 2.65. The standard InChI is InChI=1S/C68H58BNSe/c1-66(2,3)49-29-31-60-57(40-49)69-56-30-28-42-20-13-14-24-53(42)65(56)70(58-25-16-15-23-52(58)41-18-11-10-12-19-41)59-37-47(38-61(71-60)64(59)69)43-21-17-22-44(32-43)54-36-48-35-50(67(4,5)6)33-45-26-27-46-34-51(68(7,8)9)39-55(54)63(46)62(45)48/h10-40H,1-9H3. The number of benzene rings is 11. The zero-order valence-electron chi connectivity index (χ0n) is 42.3. The van der Waals surface area contributed by atoms with E-state index in [9.17, 15) is 0 Å².